The van der Waals surface area contributed by atoms with E-state index < -0.39 is 21.7 Å². The summed E-state index contributed by atoms with van der Waals surface area (Å²) in [6.07, 6.45) is 0.577. The molecule has 0 fully saturated rings. The van der Waals surface area contributed by atoms with Crippen molar-refractivity contribution in [2.45, 2.75) is 25.7 Å². The van der Waals surface area contributed by atoms with E-state index in [1.54, 1.807) is 31.2 Å². The lowest BCUT2D eigenvalue weighted by Gasteiger charge is -2.14. The van der Waals surface area contributed by atoms with Crippen LogP contribution in [-0.4, -0.2) is 31.0 Å². The molecule has 1 N–H and O–H groups in total. The Morgan fingerprint density at radius 3 is 2.47 bits per heavy atom. The van der Waals surface area contributed by atoms with E-state index in [1.165, 1.54) is 0 Å². The van der Waals surface area contributed by atoms with Crippen LogP contribution in [0.2, 0.25) is 5.02 Å². The quantitative estimate of drug-likeness (QED) is 0.840. The molecule has 0 spiro atoms. The zero-order valence-electron chi connectivity index (χ0n) is 10.7. The second kappa shape index (κ2) is 6.91. The second-order valence-electron chi connectivity index (χ2n) is 4.35. The van der Waals surface area contributed by atoms with Gasteiger partial charge in [0.15, 0.2) is 0 Å². The summed E-state index contributed by atoms with van der Waals surface area (Å²) in [4.78, 5) is 11.3. The van der Waals surface area contributed by atoms with E-state index in [1.807, 2.05) is 0 Å². The van der Waals surface area contributed by atoms with Crippen LogP contribution in [0.25, 0.3) is 0 Å². The summed E-state index contributed by atoms with van der Waals surface area (Å²) in [5.41, 5.74) is 0.461. The first-order valence-electron chi connectivity index (χ1n) is 6.05. The smallest absolute Gasteiger partial charge is 0.311 e. The number of carboxylic acid groups (broad SMARTS) is 1. The van der Waals surface area contributed by atoms with Crippen molar-refractivity contribution in [2.24, 2.45) is 0 Å². The number of carbonyl (C=O) groups is 1. The van der Waals surface area contributed by atoms with Gasteiger partial charge in [-0.1, -0.05) is 36.7 Å². The van der Waals surface area contributed by atoms with E-state index in [4.69, 9.17) is 11.6 Å². The summed E-state index contributed by atoms with van der Waals surface area (Å²) in [5, 5.41) is 9.57. The zero-order valence-corrected chi connectivity index (χ0v) is 12.2. The minimum atomic E-state index is -3.19. The third kappa shape index (κ3) is 4.84. The highest BCUT2D eigenvalue weighted by atomic mass is 35.5. The van der Waals surface area contributed by atoms with Crippen LogP contribution >= 0.6 is 11.6 Å². The third-order valence-electron chi connectivity index (χ3n) is 2.81. The maximum absolute atomic E-state index is 11.6. The van der Waals surface area contributed by atoms with Crippen molar-refractivity contribution in [3.63, 3.8) is 0 Å². The van der Waals surface area contributed by atoms with Gasteiger partial charge in [-0.2, -0.15) is 0 Å². The highest BCUT2D eigenvalue weighted by molar-refractivity contribution is 7.91. The first-order valence-corrected chi connectivity index (χ1v) is 8.25. The molecule has 1 aromatic rings. The molecular weight excluding hydrogens is 288 g/mol. The predicted octanol–water partition coefficient (Wildman–Crippen LogP) is 2.72. The lowest BCUT2D eigenvalue weighted by atomic mass is 9.97. The largest absolute Gasteiger partial charge is 0.481 e. The van der Waals surface area contributed by atoms with Gasteiger partial charge in [0.05, 0.1) is 11.7 Å². The number of carboxylic acids is 1. The Labute approximate surface area is 118 Å². The van der Waals surface area contributed by atoms with Gasteiger partial charge in [-0.15, -0.1) is 0 Å². The van der Waals surface area contributed by atoms with Crippen molar-refractivity contribution >= 4 is 27.4 Å². The Kier molecular flexibility index (Phi) is 5.82. The average Bonchev–Trinajstić information content (AvgIpc) is 2.31. The molecule has 0 radical (unpaired) electrons. The van der Waals surface area contributed by atoms with Crippen LogP contribution in [0, 0.1) is 0 Å². The van der Waals surface area contributed by atoms with Crippen molar-refractivity contribution < 1.29 is 18.3 Å². The highest BCUT2D eigenvalue weighted by Crippen LogP contribution is 2.27. The minimum Gasteiger partial charge on any atom is -0.481 e. The van der Waals surface area contributed by atoms with Gasteiger partial charge in [0, 0.05) is 10.8 Å². The monoisotopic (exact) mass is 304 g/mol. The van der Waals surface area contributed by atoms with Crippen LogP contribution < -0.4 is 0 Å². The van der Waals surface area contributed by atoms with Crippen LogP contribution in [0.3, 0.4) is 0 Å². The molecule has 0 aliphatic heterocycles. The van der Waals surface area contributed by atoms with Crippen molar-refractivity contribution in [3.8, 4) is 0 Å². The summed E-state index contributed by atoms with van der Waals surface area (Å²) >= 11 is 5.96. The molecule has 0 bridgehead atoms. The first kappa shape index (κ1) is 16.0. The van der Waals surface area contributed by atoms with Crippen LogP contribution in [0.4, 0.5) is 0 Å². The van der Waals surface area contributed by atoms with E-state index in [0.717, 1.165) is 0 Å². The number of aliphatic carboxylic acids is 1. The lowest BCUT2D eigenvalue weighted by molar-refractivity contribution is -0.138. The van der Waals surface area contributed by atoms with Gasteiger partial charge in [-0.05, 0) is 24.5 Å². The third-order valence-corrected chi connectivity index (χ3v) is 5.04. The molecule has 0 heterocycles. The van der Waals surface area contributed by atoms with Crippen molar-refractivity contribution in [1.29, 1.82) is 0 Å². The van der Waals surface area contributed by atoms with Crippen LogP contribution in [-0.2, 0) is 14.6 Å². The summed E-state index contributed by atoms with van der Waals surface area (Å²) in [7, 11) is -3.19. The van der Waals surface area contributed by atoms with Crippen LogP contribution in [0.15, 0.2) is 24.3 Å². The number of hydrogen-bond acceptors (Lipinski definition) is 3. The van der Waals surface area contributed by atoms with Gasteiger partial charge in [0.1, 0.15) is 9.84 Å². The lowest BCUT2D eigenvalue weighted by Crippen LogP contribution is -2.18. The van der Waals surface area contributed by atoms with Gasteiger partial charge in [0.25, 0.3) is 0 Å². The van der Waals surface area contributed by atoms with E-state index >= 15 is 0 Å². The molecule has 106 valence electrons. The molecule has 6 heteroatoms. The number of sulfone groups is 1. The Morgan fingerprint density at radius 2 is 1.95 bits per heavy atom. The molecule has 0 aliphatic rings. The van der Waals surface area contributed by atoms with Gasteiger partial charge in [-0.3, -0.25) is 4.79 Å². The highest BCUT2D eigenvalue weighted by Gasteiger charge is 2.24. The number of hydrogen-bond donors (Lipinski definition) is 1. The number of rotatable bonds is 7. The van der Waals surface area contributed by atoms with Gasteiger partial charge < -0.3 is 5.11 Å². The summed E-state index contributed by atoms with van der Waals surface area (Å²) in [5.74, 6) is -2.00. The topological polar surface area (TPSA) is 71.4 Å². The molecule has 0 amide bonds. The molecule has 1 aromatic carbocycles. The van der Waals surface area contributed by atoms with E-state index in [2.05, 4.69) is 0 Å². The molecule has 0 saturated heterocycles. The number of benzene rings is 1. The molecule has 19 heavy (non-hydrogen) atoms. The standard InChI is InChI=1S/C13H17ClO4S/c1-2-8-19(17,18)9-7-11(13(15)16)10-5-3-4-6-12(10)14/h3-6,11H,2,7-9H2,1H3,(H,15,16). The van der Waals surface area contributed by atoms with E-state index in [0.29, 0.717) is 17.0 Å². The van der Waals surface area contributed by atoms with Crippen molar-refractivity contribution in [1.82, 2.24) is 0 Å². The second-order valence-corrected chi connectivity index (χ2v) is 7.06. The Morgan fingerprint density at radius 1 is 1.32 bits per heavy atom. The van der Waals surface area contributed by atoms with E-state index in [9.17, 15) is 18.3 Å². The molecule has 0 saturated carbocycles. The number of halogens is 1. The first-order chi connectivity index (χ1) is 8.87. The summed E-state index contributed by atoms with van der Waals surface area (Å²) in [6, 6.07) is 6.62. The van der Waals surface area contributed by atoms with Crippen molar-refractivity contribution in [3.05, 3.63) is 34.9 Å². The SMILES string of the molecule is CCCS(=O)(=O)CCC(C(=O)O)c1ccccc1Cl. The molecular formula is C13H17ClO4S. The Balaban J connectivity index is 2.87. The van der Waals surface area contributed by atoms with Gasteiger partial charge in [0.2, 0.25) is 0 Å². The molecule has 1 rings (SSSR count). The maximum Gasteiger partial charge on any atom is 0.311 e. The summed E-state index contributed by atoms with van der Waals surface area (Å²) in [6.45, 7) is 1.78. The Bertz CT molecular complexity index is 539. The zero-order chi connectivity index (χ0) is 14.5. The molecule has 1 unspecified atom stereocenters. The van der Waals surface area contributed by atoms with E-state index in [-0.39, 0.29) is 17.9 Å². The maximum atomic E-state index is 11.6. The fraction of sp³-hybridized carbons (Fsp3) is 0.462. The molecule has 1 atom stereocenters. The molecule has 4 nitrogen and oxygen atoms in total. The fourth-order valence-corrected chi connectivity index (χ4v) is 3.57. The molecule has 0 aromatic heterocycles. The van der Waals surface area contributed by atoms with Crippen molar-refractivity contribution in [2.75, 3.05) is 11.5 Å². The minimum absolute atomic E-state index is 0.0431. The van der Waals surface area contributed by atoms with Crippen LogP contribution in [0.5, 0.6) is 0 Å². The molecule has 0 aliphatic carbocycles. The normalized spacial score (nSPS) is 13.2. The van der Waals surface area contributed by atoms with Crippen LogP contribution in [0.1, 0.15) is 31.2 Å². The average molecular weight is 305 g/mol. The fourth-order valence-electron chi connectivity index (χ4n) is 1.88. The van der Waals surface area contributed by atoms with Gasteiger partial charge in [-0.25, -0.2) is 8.42 Å². The van der Waals surface area contributed by atoms with Gasteiger partial charge >= 0.3 is 5.97 Å². The Hall–Kier alpha value is -1.07. The summed E-state index contributed by atoms with van der Waals surface area (Å²) < 4.78 is 23.3. The predicted molar refractivity (Wildman–Crippen MR) is 75.4 cm³/mol.